The number of fused-ring (bicyclic) bond motifs is 1. The molecule has 5 rings (SSSR count). The molecule has 1 saturated heterocycles. The summed E-state index contributed by atoms with van der Waals surface area (Å²) < 4.78 is 36.4. The Bertz CT molecular complexity index is 1190. The minimum absolute atomic E-state index is 0.0231. The largest absolute Gasteiger partial charge is 0.372 e. The smallest absolute Gasteiger partial charge is 0.284 e. The number of nitrogens with zero attached hydrogens (tertiary/aromatic N) is 6. The van der Waals surface area contributed by atoms with Crippen molar-refractivity contribution in [3.8, 4) is 0 Å². The van der Waals surface area contributed by atoms with Gasteiger partial charge in [-0.15, -0.1) is 0 Å². The third-order valence-electron chi connectivity index (χ3n) is 6.92. The summed E-state index contributed by atoms with van der Waals surface area (Å²) in [7, 11) is 0. The van der Waals surface area contributed by atoms with Gasteiger partial charge in [-0.3, -0.25) is 9.48 Å². The summed E-state index contributed by atoms with van der Waals surface area (Å²) in [6, 6.07) is 1.91. The summed E-state index contributed by atoms with van der Waals surface area (Å²) in [5.74, 6) is 0.793. The Morgan fingerprint density at radius 1 is 1.14 bits per heavy atom. The van der Waals surface area contributed by atoms with Crippen LogP contribution in [0, 0.1) is 5.92 Å². The first kappa shape index (κ1) is 23.7. The van der Waals surface area contributed by atoms with Gasteiger partial charge in [0.2, 0.25) is 0 Å². The van der Waals surface area contributed by atoms with Gasteiger partial charge in [-0.1, -0.05) is 6.92 Å². The highest BCUT2D eigenvalue weighted by Crippen LogP contribution is 2.34. The second kappa shape index (κ2) is 9.52. The van der Waals surface area contributed by atoms with Crippen LogP contribution in [-0.4, -0.2) is 55.6 Å². The number of ether oxygens (including phenoxy) is 1. The maximum Gasteiger partial charge on any atom is 0.284 e. The van der Waals surface area contributed by atoms with Crippen molar-refractivity contribution >= 4 is 23.1 Å². The monoisotopic (exact) mass is 487 g/mol. The number of carbonyl (C=O) groups is 1. The summed E-state index contributed by atoms with van der Waals surface area (Å²) in [6.07, 6.45) is 5.83. The standard InChI is InChI=1S/C24H31F2N7O2/c1-14-4-6-17(7-5-14)33-13-19(21(30-33)22(25)26)28-24(34)18-10-27-32-9-8-20(29-23(18)32)31-11-15(2)35-16(3)12-31/h8-10,13-17,22H,4-7,11-12H2,1-3H3,(H,28,34)/t14?,15-,16-,17?/m0/s1. The van der Waals surface area contributed by atoms with Crippen LogP contribution in [0.15, 0.2) is 24.7 Å². The lowest BCUT2D eigenvalue weighted by molar-refractivity contribution is -0.00545. The van der Waals surface area contributed by atoms with E-state index in [1.165, 1.54) is 16.9 Å². The van der Waals surface area contributed by atoms with E-state index in [0.29, 0.717) is 30.5 Å². The number of amides is 1. The van der Waals surface area contributed by atoms with Gasteiger partial charge in [-0.05, 0) is 51.5 Å². The molecule has 188 valence electrons. The van der Waals surface area contributed by atoms with Gasteiger partial charge in [-0.25, -0.2) is 18.3 Å². The third kappa shape index (κ3) is 4.86. The highest BCUT2D eigenvalue weighted by molar-refractivity contribution is 6.08. The van der Waals surface area contributed by atoms with Crippen LogP contribution in [0.3, 0.4) is 0 Å². The minimum atomic E-state index is -2.80. The number of nitrogens with one attached hydrogen (secondary N) is 1. The minimum Gasteiger partial charge on any atom is -0.372 e. The summed E-state index contributed by atoms with van der Waals surface area (Å²) in [4.78, 5) is 19.9. The molecule has 3 aromatic heterocycles. The van der Waals surface area contributed by atoms with E-state index in [9.17, 15) is 13.6 Å². The van der Waals surface area contributed by atoms with Crippen LogP contribution < -0.4 is 10.2 Å². The Kier molecular flexibility index (Phi) is 6.43. The third-order valence-corrected chi connectivity index (χ3v) is 6.92. The number of rotatable bonds is 5. The fourth-order valence-electron chi connectivity index (χ4n) is 5.11. The van der Waals surface area contributed by atoms with Gasteiger partial charge < -0.3 is 15.0 Å². The van der Waals surface area contributed by atoms with Crippen LogP contribution in [0.25, 0.3) is 5.65 Å². The molecule has 2 aliphatic rings. The predicted octanol–water partition coefficient (Wildman–Crippen LogP) is 4.48. The van der Waals surface area contributed by atoms with E-state index in [-0.39, 0.29) is 29.5 Å². The highest BCUT2D eigenvalue weighted by Gasteiger charge is 2.27. The molecule has 4 heterocycles. The molecule has 35 heavy (non-hydrogen) atoms. The van der Waals surface area contributed by atoms with Crippen LogP contribution >= 0.6 is 0 Å². The van der Waals surface area contributed by atoms with E-state index in [1.807, 2.05) is 19.9 Å². The molecule has 11 heteroatoms. The Labute approximate surface area is 202 Å². The average molecular weight is 488 g/mol. The van der Waals surface area contributed by atoms with Gasteiger partial charge in [0.05, 0.1) is 30.1 Å². The van der Waals surface area contributed by atoms with E-state index >= 15 is 0 Å². The number of hydrogen-bond acceptors (Lipinski definition) is 6. The van der Waals surface area contributed by atoms with Crippen molar-refractivity contribution in [3.05, 3.63) is 35.9 Å². The van der Waals surface area contributed by atoms with E-state index < -0.39 is 18.0 Å². The molecule has 2 fully saturated rings. The van der Waals surface area contributed by atoms with Gasteiger partial charge in [0.15, 0.2) is 11.3 Å². The number of hydrogen-bond donors (Lipinski definition) is 1. The van der Waals surface area contributed by atoms with Crippen LogP contribution in [0.1, 0.15) is 75.0 Å². The lowest BCUT2D eigenvalue weighted by Gasteiger charge is -2.36. The number of aromatic nitrogens is 5. The van der Waals surface area contributed by atoms with E-state index in [1.54, 1.807) is 10.9 Å². The Hall–Kier alpha value is -3.08. The zero-order valence-corrected chi connectivity index (χ0v) is 20.2. The summed E-state index contributed by atoms with van der Waals surface area (Å²) in [5.41, 5.74) is 0.174. The maximum absolute atomic E-state index is 13.8. The Morgan fingerprint density at radius 3 is 2.54 bits per heavy atom. The van der Waals surface area contributed by atoms with Gasteiger partial charge in [-0.2, -0.15) is 10.2 Å². The van der Waals surface area contributed by atoms with Crippen molar-refractivity contribution in [1.29, 1.82) is 0 Å². The zero-order valence-electron chi connectivity index (χ0n) is 20.2. The molecule has 3 aromatic rings. The van der Waals surface area contributed by atoms with E-state index in [0.717, 1.165) is 25.7 Å². The first-order chi connectivity index (χ1) is 16.8. The lowest BCUT2D eigenvalue weighted by Crippen LogP contribution is -2.45. The predicted molar refractivity (Wildman–Crippen MR) is 127 cm³/mol. The number of alkyl halides is 2. The summed E-state index contributed by atoms with van der Waals surface area (Å²) >= 11 is 0. The topological polar surface area (TPSA) is 89.6 Å². The molecule has 1 saturated carbocycles. The Morgan fingerprint density at radius 2 is 1.86 bits per heavy atom. The lowest BCUT2D eigenvalue weighted by atomic mass is 9.87. The van der Waals surface area contributed by atoms with Gasteiger partial charge in [0.1, 0.15) is 11.4 Å². The van der Waals surface area contributed by atoms with Crippen molar-refractivity contribution in [2.24, 2.45) is 5.92 Å². The molecule has 1 N–H and O–H groups in total. The fraction of sp³-hybridized carbons (Fsp3) is 0.583. The van der Waals surface area contributed by atoms with Crippen LogP contribution in [-0.2, 0) is 4.74 Å². The van der Waals surface area contributed by atoms with Crippen molar-refractivity contribution in [1.82, 2.24) is 24.4 Å². The van der Waals surface area contributed by atoms with Gasteiger partial charge >= 0.3 is 0 Å². The van der Waals surface area contributed by atoms with Crippen LogP contribution in [0.4, 0.5) is 20.3 Å². The number of morpholine rings is 1. The molecule has 1 amide bonds. The van der Waals surface area contributed by atoms with Crippen LogP contribution in [0.5, 0.6) is 0 Å². The van der Waals surface area contributed by atoms with Gasteiger partial charge in [0.25, 0.3) is 12.3 Å². The number of halogens is 2. The molecule has 0 radical (unpaired) electrons. The molecule has 1 aliphatic carbocycles. The zero-order chi connectivity index (χ0) is 24.7. The second-order valence-electron chi connectivity index (χ2n) is 9.85. The summed E-state index contributed by atoms with van der Waals surface area (Å²) in [6.45, 7) is 7.58. The molecule has 1 aliphatic heterocycles. The van der Waals surface area contributed by atoms with Crippen LogP contribution in [0.2, 0.25) is 0 Å². The first-order valence-corrected chi connectivity index (χ1v) is 12.2. The Balaban J connectivity index is 1.39. The van der Waals surface area contributed by atoms with Crippen molar-refractivity contribution in [3.63, 3.8) is 0 Å². The molecule has 9 nitrogen and oxygen atoms in total. The molecule has 0 spiro atoms. The SMILES string of the molecule is CC1CCC(n2cc(NC(=O)c3cnn4ccc(N5C[C@H](C)O[C@@H](C)C5)nc34)c(C(F)F)n2)CC1. The van der Waals surface area contributed by atoms with Crippen molar-refractivity contribution in [2.75, 3.05) is 23.3 Å². The van der Waals surface area contributed by atoms with Crippen molar-refractivity contribution < 1.29 is 18.3 Å². The number of anilines is 2. The molecule has 0 aromatic carbocycles. The van der Waals surface area contributed by atoms with Crippen molar-refractivity contribution in [2.45, 2.75) is 71.1 Å². The molecule has 2 atom stereocenters. The molecular formula is C24H31F2N7O2. The average Bonchev–Trinajstić information content (AvgIpc) is 3.43. The first-order valence-electron chi connectivity index (χ1n) is 12.2. The summed E-state index contributed by atoms with van der Waals surface area (Å²) in [5, 5.41) is 11.0. The second-order valence-corrected chi connectivity index (χ2v) is 9.85. The van der Waals surface area contributed by atoms with E-state index in [4.69, 9.17) is 4.74 Å². The van der Waals surface area contributed by atoms with E-state index in [2.05, 4.69) is 32.3 Å². The maximum atomic E-state index is 13.8. The highest BCUT2D eigenvalue weighted by atomic mass is 19.3. The van der Waals surface area contributed by atoms with Gasteiger partial charge in [0, 0.05) is 25.5 Å². The number of carbonyl (C=O) groups excluding carboxylic acids is 1. The fourth-order valence-corrected chi connectivity index (χ4v) is 5.11. The molecular weight excluding hydrogens is 456 g/mol. The molecule has 0 bridgehead atoms. The normalized spacial score (nSPS) is 25.4. The quantitative estimate of drug-likeness (QED) is 0.571. The molecule has 0 unspecified atom stereocenters.